The third kappa shape index (κ3) is 5.93. The number of hydrogen-bond acceptors (Lipinski definition) is 4. The Labute approximate surface area is 186 Å². The molecule has 3 rings (SSSR count). The van der Waals surface area contributed by atoms with Crippen LogP contribution in [-0.4, -0.2) is 55.1 Å². The Bertz CT molecular complexity index is 890. The Balaban J connectivity index is 1.56. The summed E-state index contributed by atoms with van der Waals surface area (Å²) in [5.41, 5.74) is 4.89. The van der Waals surface area contributed by atoms with Gasteiger partial charge in [0.05, 0.1) is 12.8 Å². The monoisotopic (exact) mass is 426 g/mol. The van der Waals surface area contributed by atoms with Gasteiger partial charge in [-0.3, -0.25) is 9.67 Å². The summed E-state index contributed by atoms with van der Waals surface area (Å²) in [4.78, 5) is 7.34. The number of hydrogen-bond donors (Lipinski definition) is 2. The number of methoxy groups -OCH3 is 1. The van der Waals surface area contributed by atoms with Gasteiger partial charge in [0.25, 0.3) is 0 Å². The molecule has 1 aromatic carbocycles. The van der Waals surface area contributed by atoms with E-state index in [1.165, 1.54) is 16.9 Å². The highest BCUT2D eigenvalue weighted by molar-refractivity contribution is 5.80. The first kappa shape index (κ1) is 23.0. The Morgan fingerprint density at radius 2 is 2.16 bits per heavy atom. The third-order valence-corrected chi connectivity index (χ3v) is 6.11. The maximum atomic E-state index is 5.37. The van der Waals surface area contributed by atoms with Crippen LogP contribution in [0.2, 0.25) is 0 Å². The van der Waals surface area contributed by atoms with E-state index in [1.54, 1.807) is 7.11 Å². The van der Waals surface area contributed by atoms with E-state index in [0.717, 1.165) is 56.4 Å². The minimum absolute atomic E-state index is 0.274. The highest BCUT2D eigenvalue weighted by Crippen LogP contribution is 2.27. The Morgan fingerprint density at radius 1 is 1.35 bits per heavy atom. The maximum absolute atomic E-state index is 5.37. The minimum atomic E-state index is 0.274. The molecule has 1 fully saturated rings. The zero-order chi connectivity index (χ0) is 22.4. The van der Waals surface area contributed by atoms with Crippen LogP contribution in [0.25, 0.3) is 0 Å². The summed E-state index contributed by atoms with van der Waals surface area (Å²) in [6.45, 7) is 12.3. The second kappa shape index (κ2) is 10.6. The first-order chi connectivity index (χ1) is 14.9. The quantitative estimate of drug-likeness (QED) is 0.502. The summed E-state index contributed by atoms with van der Waals surface area (Å²) in [6, 6.07) is 8.59. The molecule has 1 aliphatic heterocycles. The number of anilines is 1. The fraction of sp³-hybridized carbons (Fsp3) is 0.583. The molecule has 0 aliphatic carbocycles. The van der Waals surface area contributed by atoms with Gasteiger partial charge in [-0.15, -0.1) is 0 Å². The zero-order valence-corrected chi connectivity index (χ0v) is 19.9. The number of nitrogens with zero attached hydrogens (tertiary/aromatic N) is 4. The van der Waals surface area contributed by atoms with Crippen LogP contribution < -0.4 is 20.3 Å². The smallest absolute Gasteiger partial charge is 0.191 e. The average molecular weight is 427 g/mol. The topological polar surface area (TPSA) is 66.7 Å². The molecule has 170 valence electrons. The molecule has 2 unspecified atom stereocenters. The zero-order valence-electron chi connectivity index (χ0n) is 19.9. The van der Waals surface area contributed by atoms with Crippen LogP contribution in [0.15, 0.2) is 29.3 Å². The van der Waals surface area contributed by atoms with Gasteiger partial charge in [0, 0.05) is 56.7 Å². The van der Waals surface area contributed by atoms with Crippen LogP contribution in [-0.2, 0) is 13.5 Å². The van der Waals surface area contributed by atoms with Crippen molar-refractivity contribution in [2.24, 2.45) is 18.0 Å². The number of ether oxygens (including phenoxy) is 1. The summed E-state index contributed by atoms with van der Waals surface area (Å²) in [5, 5.41) is 11.5. The number of aryl methyl sites for hydroxylation is 2. The SMILES string of the molecule is CCNC(=NCC1CCN(c2cccc(OC)c2)C1)NC(C)Cc1c(C)nn(C)c1C. The van der Waals surface area contributed by atoms with E-state index in [-0.39, 0.29) is 6.04 Å². The van der Waals surface area contributed by atoms with Gasteiger partial charge < -0.3 is 20.3 Å². The average Bonchev–Trinajstić information content (AvgIpc) is 3.32. The van der Waals surface area contributed by atoms with Gasteiger partial charge in [-0.1, -0.05) is 6.07 Å². The lowest BCUT2D eigenvalue weighted by Crippen LogP contribution is -2.43. The standard InChI is InChI=1S/C24H38N6O/c1-7-25-24(27-17(2)13-23-18(3)28-29(5)19(23)4)26-15-20-11-12-30(16-20)21-9-8-10-22(14-21)31-6/h8-10,14,17,20H,7,11-13,15-16H2,1-6H3,(H2,25,26,27). The van der Waals surface area contributed by atoms with E-state index in [4.69, 9.17) is 9.73 Å². The molecular formula is C24H38N6O. The molecule has 0 bridgehead atoms. The van der Waals surface area contributed by atoms with Crippen molar-refractivity contribution in [2.75, 3.05) is 38.2 Å². The van der Waals surface area contributed by atoms with Gasteiger partial charge in [-0.05, 0) is 64.2 Å². The lowest BCUT2D eigenvalue weighted by molar-refractivity contribution is 0.415. The van der Waals surface area contributed by atoms with Crippen LogP contribution >= 0.6 is 0 Å². The highest BCUT2D eigenvalue weighted by atomic mass is 16.5. The van der Waals surface area contributed by atoms with Crippen LogP contribution in [0.3, 0.4) is 0 Å². The Hall–Kier alpha value is -2.70. The predicted molar refractivity (Wildman–Crippen MR) is 128 cm³/mol. The second-order valence-corrected chi connectivity index (χ2v) is 8.54. The van der Waals surface area contributed by atoms with Gasteiger partial charge in [-0.25, -0.2) is 0 Å². The molecule has 2 aromatic rings. The number of benzene rings is 1. The molecular weight excluding hydrogens is 388 g/mol. The normalized spacial score (nSPS) is 17.7. The number of nitrogens with one attached hydrogen (secondary N) is 2. The first-order valence-corrected chi connectivity index (χ1v) is 11.3. The van der Waals surface area contributed by atoms with Crippen molar-refractivity contribution in [1.82, 2.24) is 20.4 Å². The molecule has 2 heterocycles. The van der Waals surface area contributed by atoms with E-state index in [0.29, 0.717) is 5.92 Å². The molecule has 0 spiro atoms. The van der Waals surface area contributed by atoms with E-state index in [2.05, 4.69) is 66.5 Å². The lowest BCUT2D eigenvalue weighted by Gasteiger charge is -2.20. The van der Waals surface area contributed by atoms with Crippen molar-refractivity contribution in [3.05, 3.63) is 41.2 Å². The number of rotatable bonds is 8. The maximum Gasteiger partial charge on any atom is 0.191 e. The van der Waals surface area contributed by atoms with Crippen molar-refractivity contribution in [3.63, 3.8) is 0 Å². The van der Waals surface area contributed by atoms with Crippen molar-refractivity contribution >= 4 is 11.6 Å². The van der Waals surface area contributed by atoms with E-state index in [9.17, 15) is 0 Å². The summed E-state index contributed by atoms with van der Waals surface area (Å²) in [6.07, 6.45) is 2.09. The van der Waals surface area contributed by atoms with Crippen molar-refractivity contribution in [2.45, 2.75) is 46.6 Å². The van der Waals surface area contributed by atoms with E-state index < -0.39 is 0 Å². The Morgan fingerprint density at radius 3 is 2.84 bits per heavy atom. The van der Waals surface area contributed by atoms with Gasteiger partial charge in [-0.2, -0.15) is 5.10 Å². The molecule has 2 N–H and O–H groups in total. The number of guanidine groups is 1. The van der Waals surface area contributed by atoms with Gasteiger partial charge in [0.1, 0.15) is 5.75 Å². The highest BCUT2D eigenvalue weighted by Gasteiger charge is 2.23. The summed E-state index contributed by atoms with van der Waals surface area (Å²) >= 11 is 0. The van der Waals surface area contributed by atoms with Crippen LogP contribution in [0.5, 0.6) is 5.75 Å². The van der Waals surface area contributed by atoms with E-state index in [1.807, 2.05) is 17.8 Å². The molecule has 0 saturated carbocycles. The number of aromatic nitrogens is 2. The van der Waals surface area contributed by atoms with E-state index >= 15 is 0 Å². The van der Waals surface area contributed by atoms with Crippen LogP contribution in [0.4, 0.5) is 5.69 Å². The fourth-order valence-corrected chi connectivity index (χ4v) is 4.27. The molecule has 0 radical (unpaired) electrons. The van der Waals surface area contributed by atoms with Gasteiger partial charge >= 0.3 is 0 Å². The lowest BCUT2D eigenvalue weighted by atomic mass is 10.1. The summed E-state index contributed by atoms with van der Waals surface area (Å²) < 4.78 is 7.34. The van der Waals surface area contributed by atoms with Crippen molar-refractivity contribution in [1.29, 1.82) is 0 Å². The molecule has 1 saturated heterocycles. The number of aliphatic imine (C=N–C) groups is 1. The molecule has 2 atom stereocenters. The van der Waals surface area contributed by atoms with Crippen LogP contribution in [0, 0.1) is 19.8 Å². The van der Waals surface area contributed by atoms with Crippen molar-refractivity contribution in [3.8, 4) is 5.75 Å². The van der Waals surface area contributed by atoms with Crippen LogP contribution in [0.1, 0.15) is 37.2 Å². The molecule has 31 heavy (non-hydrogen) atoms. The second-order valence-electron chi connectivity index (χ2n) is 8.54. The molecule has 1 aliphatic rings. The molecule has 0 amide bonds. The van der Waals surface area contributed by atoms with Gasteiger partial charge in [0.2, 0.25) is 0 Å². The first-order valence-electron chi connectivity index (χ1n) is 11.3. The summed E-state index contributed by atoms with van der Waals surface area (Å²) in [7, 11) is 3.72. The molecule has 7 heteroatoms. The van der Waals surface area contributed by atoms with Crippen molar-refractivity contribution < 1.29 is 4.74 Å². The third-order valence-electron chi connectivity index (χ3n) is 6.11. The molecule has 7 nitrogen and oxygen atoms in total. The van der Waals surface area contributed by atoms with Gasteiger partial charge in [0.15, 0.2) is 5.96 Å². The predicted octanol–water partition coefficient (Wildman–Crippen LogP) is 3.06. The fourth-order valence-electron chi connectivity index (χ4n) is 4.27. The minimum Gasteiger partial charge on any atom is -0.497 e. The molecule has 1 aromatic heterocycles. The summed E-state index contributed by atoms with van der Waals surface area (Å²) in [5.74, 6) is 2.36. The Kier molecular flexibility index (Phi) is 7.82. The largest absolute Gasteiger partial charge is 0.497 e.